The second-order valence-corrected chi connectivity index (χ2v) is 10.5. The largest absolute Gasteiger partial charge is 0.336 e. The van der Waals surface area contributed by atoms with Gasteiger partial charge in [-0.05, 0) is 42.6 Å². The fraction of sp³-hybridized carbons (Fsp3) is 0.667. The topological polar surface area (TPSA) is 60.9 Å². The Morgan fingerprint density at radius 1 is 1.00 bits per heavy atom. The molecule has 7 heteroatoms. The van der Waals surface area contributed by atoms with E-state index in [-0.39, 0.29) is 10.8 Å². The molecule has 0 atom stereocenters. The van der Waals surface area contributed by atoms with Gasteiger partial charge >= 0.3 is 0 Å². The van der Waals surface area contributed by atoms with Crippen molar-refractivity contribution in [3.05, 3.63) is 29.8 Å². The number of benzene rings is 1. The van der Waals surface area contributed by atoms with Crippen LogP contribution in [0.1, 0.15) is 51.4 Å². The molecule has 0 N–H and O–H groups in total. The Balaban J connectivity index is 1.97. The van der Waals surface area contributed by atoms with Gasteiger partial charge < -0.3 is 4.90 Å². The number of hydrogen-bond acceptors (Lipinski definition) is 4. The van der Waals surface area contributed by atoms with E-state index in [2.05, 4.69) is 25.7 Å². The van der Waals surface area contributed by atoms with Crippen molar-refractivity contribution in [1.82, 2.24) is 14.1 Å². The van der Waals surface area contributed by atoms with E-state index in [9.17, 15) is 13.2 Å². The van der Waals surface area contributed by atoms with Crippen LogP contribution in [-0.4, -0.2) is 74.2 Å². The number of carbonyl (C=O) groups is 1. The van der Waals surface area contributed by atoms with Gasteiger partial charge in [-0.2, -0.15) is 4.31 Å². The average Bonchev–Trinajstić information content (AvgIpc) is 2.66. The zero-order valence-corrected chi connectivity index (χ0v) is 18.8. The van der Waals surface area contributed by atoms with Crippen molar-refractivity contribution in [1.29, 1.82) is 0 Å². The number of rotatable bonds is 7. The van der Waals surface area contributed by atoms with Crippen LogP contribution < -0.4 is 0 Å². The summed E-state index contributed by atoms with van der Waals surface area (Å²) >= 11 is 0. The van der Waals surface area contributed by atoms with E-state index >= 15 is 0 Å². The number of piperazine rings is 1. The van der Waals surface area contributed by atoms with Crippen molar-refractivity contribution in [3.8, 4) is 0 Å². The van der Waals surface area contributed by atoms with E-state index in [1.807, 2.05) is 18.7 Å². The normalized spacial score (nSPS) is 16.6. The minimum Gasteiger partial charge on any atom is -0.336 e. The highest BCUT2D eigenvalue weighted by atomic mass is 32.2. The fourth-order valence-corrected chi connectivity index (χ4v) is 4.79. The Kier molecular flexibility index (Phi) is 7.65. The van der Waals surface area contributed by atoms with Crippen molar-refractivity contribution >= 4 is 15.9 Å². The molecule has 1 saturated heterocycles. The third kappa shape index (κ3) is 5.78. The molecule has 158 valence electrons. The first kappa shape index (κ1) is 22.8. The number of carbonyl (C=O) groups excluding carboxylic acids is 1. The summed E-state index contributed by atoms with van der Waals surface area (Å²) in [7, 11) is -3.49. The standard InChI is InChI=1S/C21H35N3O3S/c1-6-24(7-2)28(26,27)19-10-8-18(9-11-19)20(25)23-16-14-22(15-17-23)13-12-21(3,4)5/h8-11H,6-7,12-17H2,1-5H3. The second kappa shape index (κ2) is 9.37. The molecule has 1 aliphatic rings. The Morgan fingerprint density at radius 3 is 2.00 bits per heavy atom. The van der Waals surface area contributed by atoms with E-state index in [1.165, 1.54) is 4.31 Å². The van der Waals surface area contributed by atoms with Crippen molar-refractivity contribution in [3.63, 3.8) is 0 Å². The molecule has 0 spiro atoms. The minimum atomic E-state index is -3.49. The molecule has 0 aromatic heterocycles. The quantitative estimate of drug-likeness (QED) is 0.695. The molecule has 1 amide bonds. The Morgan fingerprint density at radius 2 is 1.54 bits per heavy atom. The fourth-order valence-electron chi connectivity index (χ4n) is 3.33. The smallest absolute Gasteiger partial charge is 0.253 e. The molecule has 1 aromatic rings. The zero-order chi connectivity index (χ0) is 20.9. The summed E-state index contributed by atoms with van der Waals surface area (Å²) in [6.45, 7) is 15.5. The molecule has 2 rings (SSSR count). The molecule has 1 aliphatic heterocycles. The van der Waals surface area contributed by atoms with Crippen LogP contribution in [0.4, 0.5) is 0 Å². The second-order valence-electron chi connectivity index (χ2n) is 8.56. The first-order chi connectivity index (χ1) is 13.1. The Hall–Kier alpha value is -1.44. The Labute approximate surface area is 170 Å². The third-order valence-corrected chi connectivity index (χ3v) is 7.35. The highest BCUT2D eigenvalue weighted by molar-refractivity contribution is 7.89. The molecule has 0 unspecified atom stereocenters. The van der Waals surface area contributed by atoms with Gasteiger partial charge in [-0.25, -0.2) is 8.42 Å². The van der Waals surface area contributed by atoms with Crippen LogP contribution in [0, 0.1) is 5.41 Å². The van der Waals surface area contributed by atoms with Crippen molar-refractivity contribution < 1.29 is 13.2 Å². The summed E-state index contributed by atoms with van der Waals surface area (Å²) in [4.78, 5) is 17.3. The maximum Gasteiger partial charge on any atom is 0.253 e. The van der Waals surface area contributed by atoms with Gasteiger partial charge in [0.25, 0.3) is 5.91 Å². The molecule has 0 bridgehead atoms. The minimum absolute atomic E-state index is 0.0257. The lowest BCUT2D eigenvalue weighted by Gasteiger charge is -2.36. The summed E-state index contributed by atoms with van der Waals surface area (Å²) in [6, 6.07) is 6.34. The monoisotopic (exact) mass is 409 g/mol. The summed E-state index contributed by atoms with van der Waals surface area (Å²) in [5, 5.41) is 0. The van der Waals surface area contributed by atoms with Gasteiger partial charge in [-0.15, -0.1) is 0 Å². The lowest BCUT2D eigenvalue weighted by molar-refractivity contribution is 0.0623. The lowest BCUT2D eigenvalue weighted by atomic mass is 9.92. The van der Waals surface area contributed by atoms with Crippen molar-refractivity contribution in [2.45, 2.75) is 45.9 Å². The highest BCUT2D eigenvalue weighted by Crippen LogP contribution is 2.20. The van der Waals surface area contributed by atoms with Crippen LogP contribution in [0.3, 0.4) is 0 Å². The van der Waals surface area contributed by atoms with Gasteiger partial charge in [-0.3, -0.25) is 9.69 Å². The molecule has 6 nitrogen and oxygen atoms in total. The SMILES string of the molecule is CCN(CC)S(=O)(=O)c1ccc(C(=O)N2CCN(CCC(C)(C)C)CC2)cc1. The van der Waals surface area contributed by atoms with E-state index in [1.54, 1.807) is 24.3 Å². The number of amides is 1. The Bertz CT molecular complexity index is 742. The van der Waals surface area contributed by atoms with Crippen LogP contribution in [0.2, 0.25) is 0 Å². The predicted octanol–water partition coefficient (Wildman–Crippen LogP) is 2.91. The molecular weight excluding hydrogens is 374 g/mol. The maximum atomic E-state index is 12.8. The molecule has 28 heavy (non-hydrogen) atoms. The summed E-state index contributed by atoms with van der Waals surface area (Å²) in [6.07, 6.45) is 1.14. The van der Waals surface area contributed by atoms with Crippen LogP contribution in [0.15, 0.2) is 29.2 Å². The maximum absolute atomic E-state index is 12.8. The van der Waals surface area contributed by atoms with Crippen LogP contribution in [0.5, 0.6) is 0 Å². The average molecular weight is 410 g/mol. The van der Waals surface area contributed by atoms with E-state index in [0.717, 1.165) is 26.1 Å². The zero-order valence-electron chi connectivity index (χ0n) is 17.9. The summed E-state index contributed by atoms with van der Waals surface area (Å²) < 4.78 is 26.6. The first-order valence-corrected chi connectivity index (χ1v) is 11.6. The molecular formula is C21H35N3O3S. The number of hydrogen-bond donors (Lipinski definition) is 0. The third-order valence-electron chi connectivity index (χ3n) is 5.28. The van der Waals surface area contributed by atoms with Gasteiger partial charge in [0, 0.05) is 44.8 Å². The molecule has 0 radical (unpaired) electrons. The first-order valence-electron chi connectivity index (χ1n) is 10.2. The molecule has 0 aliphatic carbocycles. The van der Waals surface area contributed by atoms with Gasteiger partial charge in [0.1, 0.15) is 0 Å². The van der Waals surface area contributed by atoms with Gasteiger partial charge in [0.05, 0.1) is 4.90 Å². The van der Waals surface area contributed by atoms with Crippen LogP contribution >= 0.6 is 0 Å². The van der Waals surface area contributed by atoms with Crippen LogP contribution in [-0.2, 0) is 10.0 Å². The molecule has 1 fully saturated rings. The van der Waals surface area contributed by atoms with Crippen molar-refractivity contribution in [2.24, 2.45) is 5.41 Å². The van der Waals surface area contributed by atoms with E-state index < -0.39 is 10.0 Å². The highest BCUT2D eigenvalue weighted by Gasteiger charge is 2.25. The predicted molar refractivity (Wildman–Crippen MR) is 113 cm³/mol. The lowest BCUT2D eigenvalue weighted by Crippen LogP contribution is -2.49. The van der Waals surface area contributed by atoms with Gasteiger partial charge in [-0.1, -0.05) is 34.6 Å². The number of sulfonamides is 1. The van der Waals surface area contributed by atoms with Gasteiger partial charge in [0.15, 0.2) is 0 Å². The van der Waals surface area contributed by atoms with E-state index in [0.29, 0.717) is 37.2 Å². The summed E-state index contributed by atoms with van der Waals surface area (Å²) in [5.41, 5.74) is 0.863. The van der Waals surface area contributed by atoms with E-state index in [4.69, 9.17) is 0 Å². The van der Waals surface area contributed by atoms with Crippen LogP contribution in [0.25, 0.3) is 0 Å². The van der Waals surface area contributed by atoms with Gasteiger partial charge in [0.2, 0.25) is 10.0 Å². The molecule has 1 aromatic carbocycles. The molecule has 0 saturated carbocycles. The molecule has 1 heterocycles. The summed E-state index contributed by atoms with van der Waals surface area (Å²) in [5.74, 6) is -0.0257. The van der Waals surface area contributed by atoms with Crippen molar-refractivity contribution in [2.75, 3.05) is 45.8 Å². The number of nitrogens with zero attached hydrogens (tertiary/aromatic N) is 3.